The lowest BCUT2D eigenvalue weighted by Gasteiger charge is -2.08. The van der Waals surface area contributed by atoms with Gasteiger partial charge in [0.2, 0.25) is 0 Å². The van der Waals surface area contributed by atoms with Crippen LogP contribution in [0.4, 0.5) is 5.82 Å². The highest BCUT2D eigenvalue weighted by Gasteiger charge is 2.21. The molecule has 2 heterocycles. The summed E-state index contributed by atoms with van der Waals surface area (Å²) < 4.78 is 6.89. The average Bonchev–Trinajstić information content (AvgIpc) is 2.75. The van der Waals surface area contributed by atoms with E-state index in [0.717, 1.165) is 18.9 Å². The molecular weight excluding hydrogens is 208 g/mol. The lowest BCUT2D eigenvalue weighted by Crippen LogP contribution is -2.24. The molecule has 0 atom stereocenters. The van der Waals surface area contributed by atoms with Crippen molar-refractivity contribution in [3.63, 3.8) is 0 Å². The van der Waals surface area contributed by atoms with Gasteiger partial charge in [-0.1, -0.05) is 0 Å². The van der Waals surface area contributed by atoms with Crippen molar-refractivity contribution in [1.82, 2.24) is 9.55 Å². The Morgan fingerprint density at radius 2 is 2.56 bits per heavy atom. The number of fused-ring (bicyclic) bond motifs is 1. The van der Waals surface area contributed by atoms with Crippen molar-refractivity contribution in [2.75, 3.05) is 25.5 Å². The number of carbonyl (C=O) groups excluding carboxylic acids is 1. The first-order valence-corrected chi connectivity index (χ1v) is 5.21. The van der Waals surface area contributed by atoms with E-state index in [9.17, 15) is 4.79 Å². The smallest absolute Gasteiger partial charge is 0.345 e. The van der Waals surface area contributed by atoms with E-state index in [1.165, 1.54) is 0 Å². The molecule has 2 rings (SSSR count). The number of hydrogen-bond donors (Lipinski definition) is 1. The number of ether oxygens (including phenoxy) is 1. The van der Waals surface area contributed by atoms with Gasteiger partial charge >= 0.3 is 5.97 Å². The van der Waals surface area contributed by atoms with E-state index in [-0.39, 0.29) is 5.97 Å². The second-order valence-corrected chi connectivity index (χ2v) is 3.36. The van der Waals surface area contributed by atoms with Gasteiger partial charge in [-0.15, -0.1) is 0 Å². The summed E-state index contributed by atoms with van der Waals surface area (Å²) in [5.74, 6) is 0.364. The SMILES string of the molecule is CCOC(=O)c1c2n(cnc1=NC)CCN2. The van der Waals surface area contributed by atoms with E-state index in [1.807, 2.05) is 4.57 Å². The highest BCUT2D eigenvalue weighted by molar-refractivity contribution is 5.94. The molecule has 0 fully saturated rings. The molecule has 0 bridgehead atoms. The van der Waals surface area contributed by atoms with Crippen LogP contribution in [0.2, 0.25) is 0 Å². The fourth-order valence-electron chi connectivity index (χ4n) is 1.71. The lowest BCUT2D eigenvalue weighted by atomic mass is 10.3. The number of nitrogens with zero attached hydrogens (tertiary/aromatic N) is 3. The molecule has 1 aromatic heterocycles. The normalized spacial score (nSPS) is 14.5. The number of carbonyl (C=O) groups is 1. The maximum atomic E-state index is 11.8. The van der Waals surface area contributed by atoms with Crippen molar-refractivity contribution >= 4 is 11.8 Å². The quantitative estimate of drug-likeness (QED) is 0.716. The molecule has 1 aliphatic heterocycles. The van der Waals surface area contributed by atoms with Crippen molar-refractivity contribution in [3.8, 4) is 0 Å². The molecule has 0 amide bonds. The molecule has 86 valence electrons. The Balaban J connectivity index is 2.57. The maximum Gasteiger partial charge on any atom is 0.345 e. The minimum atomic E-state index is -0.380. The summed E-state index contributed by atoms with van der Waals surface area (Å²) in [6.45, 7) is 3.72. The highest BCUT2D eigenvalue weighted by Crippen LogP contribution is 2.16. The number of rotatable bonds is 2. The van der Waals surface area contributed by atoms with Crippen LogP contribution in [-0.4, -0.2) is 35.7 Å². The summed E-state index contributed by atoms with van der Waals surface area (Å²) in [5.41, 5.74) is 0.837. The van der Waals surface area contributed by atoms with Crippen LogP contribution in [0.5, 0.6) is 0 Å². The van der Waals surface area contributed by atoms with E-state index < -0.39 is 0 Å². The summed E-state index contributed by atoms with van der Waals surface area (Å²) in [6, 6.07) is 0. The minimum absolute atomic E-state index is 0.344. The molecule has 16 heavy (non-hydrogen) atoms. The van der Waals surface area contributed by atoms with Crippen molar-refractivity contribution < 1.29 is 9.53 Å². The van der Waals surface area contributed by atoms with Crippen molar-refractivity contribution in [1.29, 1.82) is 0 Å². The van der Waals surface area contributed by atoms with Crippen molar-refractivity contribution in [2.45, 2.75) is 13.5 Å². The Morgan fingerprint density at radius 1 is 1.75 bits per heavy atom. The molecule has 0 radical (unpaired) electrons. The van der Waals surface area contributed by atoms with E-state index in [2.05, 4.69) is 15.3 Å². The Hall–Kier alpha value is -1.85. The molecule has 6 heteroatoms. The molecule has 0 saturated carbocycles. The molecule has 1 N–H and O–H groups in total. The molecule has 0 aliphatic carbocycles. The largest absolute Gasteiger partial charge is 0.462 e. The summed E-state index contributed by atoms with van der Waals surface area (Å²) in [7, 11) is 1.61. The van der Waals surface area contributed by atoms with Crippen LogP contribution in [0.3, 0.4) is 0 Å². The number of nitrogens with one attached hydrogen (secondary N) is 1. The minimum Gasteiger partial charge on any atom is -0.462 e. The topological polar surface area (TPSA) is 68.5 Å². The third-order valence-corrected chi connectivity index (χ3v) is 2.40. The zero-order chi connectivity index (χ0) is 11.5. The van der Waals surface area contributed by atoms with Gasteiger partial charge < -0.3 is 14.6 Å². The molecule has 1 aromatic rings. The van der Waals surface area contributed by atoms with Crippen LogP contribution in [0, 0.1) is 0 Å². The van der Waals surface area contributed by atoms with Gasteiger partial charge in [0, 0.05) is 20.1 Å². The second kappa shape index (κ2) is 4.34. The third kappa shape index (κ3) is 1.66. The van der Waals surface area contributed by atoms with Gasteiger partial charge in [0.1, 0.15) is 11.4 Å². The predicted octanol–water partition coefficient (Wildman–Crippen LogP) is 0.0158. The zero-order valence-electron chi connectivity index (χ0n) is 9.36. The summed E-state index contributed by atoms with van der Waals surface area (Å²) in [5, 5.41) is 3.14. The summed E-state index contributed by atoms with van der Waals surface area (Å²) in [6.07, 6.45) is 1.68. The van der Waals surface area contributed by atoms with Crippen molar-refractivity contribution in [3.05, 3.63) is 17.4 Å². The second-order valence-electron chi connectivity index (χ2n) is 3.36. The number of esters is 1. The van der Waals surface area contributed by atoms with Gasteiger partial charge in [0.15, 0.2) is 5.49 Å². The summed E-state index contributed by atoms with van der Waals surface area (Å²) in [4.78, 5) is 19.9. The Kier molecular flexibility index (Phi) is 2.89. The molecule has 0 unspecified atom stereocenters. The fourth-order valence-corrected chi connectivity index (χ4v) is 1.71. The average molecular weight is 222 g/mol. The van der Waals surface area contributed by atoms with Gasteiger partial charge in [0.25, 0.3) is 0 Å². The monoisotopic (exact) mass is 222 g/mol. The maximum absolute atomic E-state index is 11.8. The number of anilines is 1. The van der Waals surface area contributed by atoms with Crippen LogP contribution in [0.1, 0.15) is 17.3 Å². The van der Waals surface area contributed by atoms with Crippen LogP contribution in [0.25, 0.3) is 0 Å². The van der Waals surface area contributed by atoms with Gasteiger partial charge in [-0.25, -0.2) is 9.78 Å². The van der Waals surface area contributed by atoms with Crippen LogP contribution >= 0.6 is 0 Å². The van der Waals surface area contributed by atoms with E-state index in [0.29, 0.717) is 17.7 Å². The van der Waals surface area contributed by atoms with Crippen LogP contribution in [-0.2, 0) is 11.3 Å². The van der Waals surface area contributed by atoms with Crippen LogP contribution < -0.4 is 10.8 Å². The lowest BCUT2D eigenvalue weighted by molar-refractivity contribution is 0.0524. The van der Waals surface area contributed by atoms with Gasteiger partial charge in [0.05, 0.1) is 12.9 Å². The summed E-state index contributed by atoms with van der Waals surface area (Å²) >= 11 is 0. The molecule has 6 nitrogen and oxygen atoms in total. The molecule has 0 saturated heterocycles. The van der Waals surface area contributed by atoms with Gasteiger partial charge in [-0.3, -0.25) is 4.99 Å². The standard InChI is InChI=1S/C10H14N4O2/c1-3-16-10(15)7-8(11-2)13-6-14-5-4-12-9(7)14/h6,12H,3-5H2,1-2H3. The first-order chi connectivity index (χ1) is 7.77. The Bertz CT molecular complexity index is 478. The van der Waals surface area contributed by atoms with Gasteiger partial charge in [-0.05, 0) is 6.92 Å². The van der Waals surface area contributed by atoms with E-state index in [4.69, 9.17) is 4.74 Å². The molecule has 0 aromatic carbocycles. The number of hydrogen-bond acceptors (Lipinski definition) is 5. The number of aromatic nitrogens is 2. The van der Waals surface area contributed by atoms with Crippen LogP contribution in [0.15, 0.2) is 11.3 Å². The van der Waals surface area contributed by atoms with Gasteiger partial charge in [-0.2, -0.15) is 0 Å². The molecular formula is C10H14N4O2. The van der Waals surface area contributed by atoms with Crippen molar-refractivity contribution in [2.24, 2.45) is 4.99 Å². The highest BCUT2D eigenvalue weighted by atomic mass is 16.5. The molecule has 1 aliphatic rings. The zero-order valence-corrected chi connectivity index (χ0v) is 9.36. The molecule has 0 spiro atoms. The first kappa shape index (κ1) is 10.7. The Morgan fingerprint density at radius 3 is 3.25 bits per heavy atom. The Labute approximate surface area is 93.0 Å². The predicted molar refractivity (Wildman–Crippen MR) is 58.2 cm³/mol. The van der Waals surface area contributed by atoms with E-state index >= 15 is 0 Å². The first-order valence-electron chi connectivity index (χ1n) is 5.21. The fraction of sp³-hybridized carbons (Fsp3) is 0.500. The third-order valence-electron chi connectivity index (χ3n) is 2.40. The van der Waals surface area contributed by atoms with E-state index in [1.54, 1.807) is 20.3 Å².